The second kappa shape index (κ2) is 15.1. The van der Waals surface area contributed by atoms with Crippen LogP contribution in [0.1, 0.15) is 11.1 Å². The molecule has 0 fully saturated rings. The Morgan fingerprint density at radius 3 is 1.57 bits per heavy atom. The quantitative estimate of drug-likeness (QED) is 0.152. The van der Waals surface area contributed by atoms with Crippen LogP contribution < -0.4 is 9.80 Å². The molecule has 61 heavy (non-hydrogen) atoms. The number of nitrogens with zero attached hydrogens (tertiary/aromatic N) is 3. The molecule has 290 valence electrons. The van der Waals surface area contributed by atoms with E-state index in [2.05, 4.69) is 253 Å². The molecule has 3 heteroatoms. The zero-order chi connectivity index (χ0) is 40.9. The minimum atomic E-state index is 1.10. The fraction of sp³-hybridized carbons (Fsp3) is 0.0345. The number of fused-ring (bicyclic) bond motifs is 5. The van der Waals surface area contributed by atoms with Crippen LogP contribution in [0, 0.1) is 13.8 Å². The summed E-state index contributed by atoms with van der Waals surface area (Å²) in [7, 11) is 0. The summed E-state index contributed by atoms with van der Waals surface area (Å²) in [5.41, 5.74) is 15.1. The second-order valence-electron chi connectivity index (χ2n) is 16.0. The Morgan fingerprint density at radius 1 is 0.328 bits per heavy atom. The van der Waals surface area contributed by atoms with Crippen molar-refractivity contribution in [2.75, 3.05) is 9.80 Å². The van der Waals surface area contributed by atoms with E-state index in [0.717, 1.165) is 39.8 Å². The lowest BCUT2D eigenvalue weighted by Crippen LogP contribution is -2.11. The highest BCUT2D eigenvalue weighted by Crippen LogP contribution is 2.45. The molecule has 0 spiro atoms. The van der Waals surface area contributed by atoms with E-state index in [4.69, 9.17) is 0 Å². The average Bonchev–Trinajstić information content (AvgIpc) is 3.65. The molecular formula is C58H43N3. The predicted molar refractivity (Wildman–Crippen MR) is 260 cm³/mol. The van der Waals surface area contributed by atoms with Crippen molar-refractivity contribution in [3.63, 3.8) is 0 Å². The van der Waals surface area contributed by atoms with Gasteiger partial charge >= 0.3 is 0 Å². The van der Waals surface area contributed by atoms with E-state index in [0.29, 0.717) is 0 Å². The molecule has 11 aromatic rings. The number of aryl methyl sites for hydroxylation is 2. The van der Waals surface area contributed by atoms with Crippen molar-refractivity contribution in [1.29, 1.82) is 0 Å². The van der Waals surface area contributed by atoms with Crippen LogP contribution in [-0.4, -0.2) is 4.57 Å². The molecule has 0 unspecified atom stereocenters. The van der Waals surface area contributed by atoms with Crippen molar-refractivity contribution < 1.29 is 0 Å². The molecule has 0 N–H and O–H groups in total. The van der Waals surface area contributed by atoms with Crippen LogP contribution in [-0.2, 0) is 0 Å². The normalized spacial score (nSPS) is 11.4. The first-order valence-corrected chi connectivity index (χ1v) is 21.0. The molecule has 0 amide bonds. The van der Waals surface area contributed by atoms with Crippen LogP contribution in [0.4, 0.5) is 34.1 Å². The third-order valence-corrected chi connectivity index (χ3v) is 12.1. The molecule has 3 nitrogen and oxygen atoms in total. The lowest BCUT2D eigenvalue weighted by molar-refractivity contribution is 1.18. The summed E-state index contributed by atoms with van der Waals surface area (Å²) >= 11 is 0. The molecule has 0 bridgehead atoms. The van der Waals surface area contributed by atoms with E-state index in [1.165, 1.54) is 65.6 Å². The minimum absolute atomic E-state index is 1.10. The number of benzene rings is 10. The van der Waals surface area contributed by atoms with Gasteiger partial charge in [-0.15, -0.1) is 0 Å². The summed E-state index contributed by atoms with van der Waals surface area (Å²) in [6.45, 7) is 4.29. The van der Waals surface area contributed by atoms with Gasteiger partial charge in [0.15, 0.2) is 0 Å². The van der Waals surface area contributed by atoms with Crippen LogP contribution in [0.5, 0.6) is 0 Å². The summed E-state index contributed by atoms with van der Waals surface area (Å²) in [5.74, 6) is 0. The van der Waals surface area contributed by atoms with Gasteiger partial charge in [-0.25, -0.2) is 0 Å². The number of hydrogen-bond acceptors (Lipinski definition) is 2. The highest BCUT2D eigenvalue weighted by molar-refractivity contribution is 6.11. The van der Waals surface area contributed by atoms with E-state index < -0.39 is 0 Å². The highest BCUT2D eigenvalue weighted by atomic mass is 15.1. The lowest BCUT2D eigenvalue weighted by Gasteiger charge is -2.29. The molecule has 0 aliphatic rings. The van der Waals surface area contributed by atoms with E-state index in [1.807, 2.05) is 0 Å². The first-order valence-electron chi connectivity index (χ1n) is 21.0. The van der Waals surface area contributed by atoms with Gasteiger partial charge in [0.25, 0.3) is 0 Å². The maximum absolute atomic E-state index is 2.42. The molecule has 0 aliphatic carbocycles. The summed E-state index contributed by atoms with van der Waals surface area (Å²) in [4.78, 5) is 4.80. The fourth-order valence-electron chi connectivity index (χ4n) is 9.12. The molecular weight excluding hydrogens is 739 g/mol. The van der Waals surface area contributed by atoms with Crippen molar-refractivity contribution in [1.82, 2.24) is 4.57 Å². The Balaban J connectivity index is 1.03. The molecule has 0 radical (unpaired) electrons. The van der Waals surface area contributed by atoms with Crippen LogP contribution in [0.3, 0.4) is 0 Å². The molecule has 1 heterocycles. The summed E-state index contributed by atoms with van der Waals surface area (Å²) in [6.07, 6.45) is 0. The van der Waals surface area contributed by atoms with Crippen LogP contribution >= 0.6 is 0 Å². The van der Waals surface area contributed by atoms with Crippen molar-refractivity contribution in [2.45, 2.75) is 13.8 Å². The van der Waals surface area contributed by atoms with Gasteiger partial charge in [0, 0.05) is 50.0 Å². The van der Waals surface area contributed by atoms with E-state index in [9.17, 15) is 0 Å². The van der Waals surface area contributed by atoms with E-state index >= 15 is 0 Å². The number of rotatable bonds is 8. The minimum Gasteiger partial charge on any atom is -0.310 e. The first-order chi connectivity index (χ1) is 30.1. The number of para-hydroxylation sites is 2. The lowest BCUT2D eigenvalue weighted by atomic mass is 9.95. The number of hydrogen-bond donors (Lipinski definition) is 0. The van der Waals surface area contributed by atoms with E-state index in [1.54, 1.807) is 0 Å². The van der Waals surface area contributed by atoms with Crippen molar-refractivity contribution >= 4 is 77.5 Å². The number of anilines is 6. The van der Waals surface area contributed by atoms with Crippen molar-refractivity contribution in [3.8, 4) is 16.8 Å². The smallest absolute Gasteiger partial charge is 0.0542 e. The van der Waals surface area contributed by atoms with Gasteiger partial charge in [-0.2, -0.15) is 0 Å². The zero-order valence-corrected chi connectivity index (χ0v) is 34.2. The zero-order valence-electron chi connectivity index (χ0n) is 34.2. The summed E-state index contributed by atoms with van der Waals surface area (Å²) in [5, 5.41) is 7.30. The Labute approximate surface area is 356 Å². The molecule has 0 saturated heterocycles. The largest absolute Gasteiger partial charge is 0.310 e. The van der Waals surface area contributed by atoms with Gasteiger partial charge in [-0.1, -0.05) is 151 Å². The highest BCUT2D eigenvalue weighted by Gasteiger charge is 2.21. The molecule has 0 saturated carbocycles. The van der Waals surface area contributed by atoms with Crippen molar-refractivity contribution in [3.05, 3.63) is 236 Å². The first kappa shape index (κ1) is 36.2. The Morgan fingerprint density at radius 2 is 0.852 bits per heavy atom. The molecule has 0 aliphatic heterocycles. The van der Waals surface area contributed by atoms with Crippen LogP contribution in [0.25, 0.3) is 60.2 Å². The second-order valence-corrected chi connectivity index (χ2v) is 16.0. The Bertz CT molecular complexity index is 3360. The molecule has 0 atom stereocenters. The van der Waals surface area contributed by atoms with Gasteiger partial charge < -0.3 is 14.4 Å². The third-order valence-electron chi connectivity index (χ3n) is 12.1. The standard InChI is InChI=1S/C58H43N3/c1-40-23-29-45(30-24-40)59(48-35-37-58-54(39-48)53-20-10-11-21-56(53)60(58)44-15-4-3-5-16-44)46-33-27-43(28-34-46)49-36-38-57(52-19-9-8-18-51(49)52)61(47-31-25-41(2)26-32-47)55-22-12-14-42-13-6-7-17-50(42)55/h3-39H,1-2H3. The van der Waals surface area contributed by atoms with Crippen LogP contribution in [0.15, 0.2) is 224 Å². The topological polar surface area (TPSA) is 11.4 Å². The van der Waals surface area contributed by atoms with Gasteiger partial charge in [0.2, 0.25) is 0 Å². The SMILES string of the molecule is Cc1ccc(N(c2ccc(-c3ccc(N(c4ccc(C)cc4)c4cccc5ccccc45)c4ccccc34)cc2)c2ccc3c(c2)c2ccccc2n3-c2ccccc2)cc1. The van der Waals surface area contributed by atoms with E-state index in [-0.39, 0.29) is 0 Å². The molecule has 11 rings (SSSR count). The van der Waals surface area contributed by atoms with Gasteiger partial charge in [-0.3, -0.25) is 0 Å². The summed E-state index contributed by atoms with van der Waals surface area (Å²) < 4.78 is 2.37. The predicted octanol–water partition coefficient (Wildman–Crippen LogP) is 16.3. The molecule has 1 aromatic heterocycles. The third kappa shape index (κ3) is 6.39. The van der Waals surface area contributed by atoms with Gasteiger partial charge in [0.05, 0.1) is 22.4 Å². The molecule has 10 aromatic carbocycles. The maximum Gasteiger partial charge on any atom is 0.0542 e. The number of aromatic nitrogens is 1. The average molecular weight is 782 g/mol. The van der Waals surface area contributed by atoms with Crippen LogP contribution in [0.2, 0.25) is 0 Å². The Hall–Kier alpha value is -7.88. The fourth-order valence-corrected chi connectivity index (χ4v) is 9.12. The Kier molecular flexibility index (Phi) is 8.94. The van der Waals surface area contributed by atoms with Gasteiger partial charge in [0.1, 0.15) is 0 Å². The summed E-state index contributed by atoms with van der Waals surface area (Å²) in [6, 6.07) is 81.8. The monoisotopic (exact) mass is 781 g/mol. The van der Waals surface area contributed by atoms with Gasteiger partial charge in [-0.05, 0) is 121 Å². The van der Waals surface area contributed by atoms with Crippen molar-refractivity contribution in [2.24, 2.45) is 0 Å². The maximum atomic E-state index is 2.42.